The lowest BCUT2D eigenvalue weighted by Gasteiger charge is -2.11. The zero-order chi connectivity index (χ0) is 15.6. The number of rotatable bonds is 3. The van der Waals surface area contributed by atoms with Crippen molar-refractivity contribution in [1.29, 1.82) is 0 Å². The van der Waals surface area contributed by atoms with Gasteiger partial charge in [-0.3, -0.25) is 4.98 Å². The molecule has 0 saturated carbocycles. The molecule has 3 aromatic rings. The van der Waals surface area contributed by atoms with Crippen molar-refractivity contribution in [2.45, 2.75) is 39.3 Å². The summed E-state index contributed by atoms with van der Waals surface area (Å²) in [7, 11) is 0. The number of nitrogens with one attached hydrogen (secondary N) is 1. The van der Waals surface area contributed by atoms with Crippen LogP contribution in [0, 0.1) is 6.92 Å². The molecule has 1 aliphatic heterocycles. The molecule has 0 aliphatic carbocycles. The molecule has 0 unspecified atom stereocenters. The molecule has 3 nitrogen and oxygen atoms in total. The zero-order valence-corrected chi connectivity index (χ0v) is 13.7. The van der Waals surface area contributed by atoms with Gasteiger partial charge in [0.05, 0.1) is 0 Å². The highest BCUT2D eigenvalue weighted by Crippen LogP contribution is 2.28. The first-order valence-electron chi connectivity index (χ1n) is 8.54. The lowest BCUT2D eigenvalue weighted by molar-refractivity contribution is 0.655. The van der Waals surface area contributed by atoms with Gasteiger partial charge in [-0.25, -0.2) is 0 Å². The number of para-hydroxylation sites is 1. The van der Waals surface area contributed by atoms with E-state index in [1.165, 1.54) is 40.6 Å². The van der Waals surface area contributed by atoms with Gasteiger partial charge < -0.3 is 9.88 Å². The van der Waals surface area contributed by atoms with Gasteiger partial charge in [0, 0.05) is 41.6 Å². The second-order valence-electron chi connectivity index (χ2n) is 6.43. The van der Waals surface area contributed by atoms with Crippen LogP contribution in [0.2, 0.25) is 0 Å². The van der Waals surface area contributed by atoms with Gasteiger partial charge in [0.1, 0.15) is 0 Å². The first kappa shape index (κ1) is 14.5. The topological polar surface area (TPSA) is 29.9 Å². The molecule has 0 amide bonds. The number of nitrogens with zero attached hydrogens (tertiary/aromatic N) is 2. The molecule has 1 aromatic carbocycles. The van der Waals surface area contributed by atoms with Crippen LogP contribution in [0.25, 0.3) is 10.9 Å². The predicted octanol–water partition coefficient (Wildman–Crippen LogP) is 3.62. The third kappa shape index (κ3) is 2.77. The Balaban J connectivity index is 1.70. The molecule has 1 N–H and O–H groups in total. The Morgan fingerprint density at radius 2 is 2.09 bits per heavy atom. The SMILES string of the molecule is Cc1ccc(CCn2c3c(c4ccccc42)CNCCC3)cn1. The molecule has 0 saturated heterocycles. The van der Waals surface area contributed by atoms with Crippen molar-refractivity contribution in [3.63, 3.8) is 0 Å². The number of pyridine rings is 1. The minimum Gasteiger partial charge on any atom is -0.344 e. The fraction of sp³-hybridized carbons (Fsp3) is 0.350. The van der Waals surface area contributed by atoms with Crippen molar-refractivity contribution < 1.29 is 0 Å². The fourth-order valence-corrected chi connectivity index (χ4v) is 3.65. The van der Waals surface area contributed by atoms with Gasteiger partial charge >= 0.3 is 0 Å². The Labute approximate surface area is 137 Å². The summed E-state index contributed by atoms with van der Waals surface area (Å²) in [4.78, 5) is 4.42. The predicted molar refractivity (Wildman–Crippen MR) is 94.6 cm³/mol. The Bertz CT molecular complexity index is 815. The smallest absolute Gasteiger partial charge is 0.0485 e. The Morgan fingerprint density at radius 3 is 2.96 bits per heavy atom. The van der Waals surface area contributed by atoms with Gasteiger partial charge in [0.25, 0.3) is 0 Å². The highest BCUT2D eigenvalue weighted by molar-refractivity contribution is 5.85. The summed E-state index contributed by atoms with van der Waals surface area (Å²) < 4.78 is 2.54. The largest absolute Gasteiger partial charge is 0.344 e. The van der Waals surface area contributed by atoms with Gasteiger partial charge in [-0.1, -0.05) is 24.3 Å². The van der Waals surface area contributed by atoms with Crippen LogP contribution in [0.4, 0.5) is 0 Å². The van der Waals surface area contributed by atoms with Crippen molar-refractivity contribution in [2.24, 2.45) is 0 Å². The number of aromatic nitrogens is 2. The molecule has 3 heterocycles. The third-order valence-electron chi connectivity index (χ3n) is 4.86. The molecule has 0 bridgehead atoms. The average Bonchev–Trinajstić information content (AvgIpc) is 2.73. The Morgan fingerprint density at radius 1 is 1.17 bits per heavy atom. The van der Waals surface area contributed by atoms with Gasteiger partial charge in [-0.15, -0.1) is 0 Å². The number of fused-ring (bicyclic) bond motifs is 3. The first-order chi connectivity index (χ1) is 11.3. The summed E-state index contributed by atoms with van der Waals surface area (Å²) >= 11 is 0. The van der Waals surface area contributed by atoms with E-state index in [0.29, 0.717) is 0 Å². The molecule has 1 aliphatic rings. The van der Waals surface area contributed by atoms with Crippen LogP contribution in [-0.4, -0.2) is 16.1 Å². The van der Waals surface area contributed by atoms with E-state index in [4.69, 9.17) is 0 Å². The number of aryl methyl sites for hydroxylation is 3. The summed E-state index contributed by atoms with van der Waals surface area (Å²) in [5, 5.41) is 4.98. The summed E-state index contributed by atoms with van der Waals surface area (Å²) in [5.74, 6) is 0. The monoisotopic (exact) mass is 305 g/mol. The molecule has 23 heavy (non-hydrogen) atoms. The second kappa shape index (κ2) is 6.17. The zero-order valence-electron chi connectivity index (χ0n) is 13.7. The molecule has 4 rings (SSSR count). The van der Waals surface area contributed by atoms with E-state index < -0.39 is 0 Å². The molecule has 0 atom stereocenters. The lowest BCUT2D eigenvalue weighted by atomic mass is 10.1. The number of benzene rings is 1. The highest BCUT2D eigenvalue weighted by Gasteiger charge is 2.18. The van der Waals surface area contributed by atoms with Gasteiger partial charge in [0.2, 0.25) is 0 Å². The summed E-state index contributed by atoms with van der Waals surface area (Å²) in [6.45, 7) is 5.18. The van der Waals surface area contributed by atoms with Crippen LogP contribution in [0.5, 0.6) is 0 Å². The molecule has 118 valence electrons. The molecule has 3 heteroatoms. The minimum atomic E-state index is 0.995. The maximum atomic E-state index is 4.42. The van der Waals surface area contributed by atoms with Gasteiger partial charge in [-0.05, 0) is 56.0 Å². The van der Waals surface area contributed by atoms with Gasteiger partial charge in [-0.2, -0.15) is 0 Å². The van der Waals surface area contributed by atoms with E-state index in [1.807, 2.05) is 13.1 Å². The normalized spacial score (nSPS) is 14.7. The summed E-state index contributed by atoms with van der Waals surface area (Å²) in [6, 6.07) is 13.1. The fourth-order valence-electron chi connectivity index (χ4n) is 3.65. The van der Waals surface area contributed by atoms with Crippen LogP contribution in [0.3, 0.4) is 0 Å². The number of hydrogen-bond acceptors (Lipinski definition) is 2. The van der Waals surface area contributed by atoms with Crippen LogP contribution in [0.1, 0.15) is 28.9 Å². The third-order valence-corrected chi connectivity index (χ3v) is 4.86. The first-order valence-corrected chi connectivity index (χ1v) is 8.54. The van der Waals surface area contributed by atoms with Crippen molar-refractivity contribution in [1.82, 2.24) is 14.9 Å². The van der Waals surface area contributed by atoms with E-state index in [1.54, 1.807) is 0 Å². The standard InChI is InChI=1S/C20H23N3/c1-15-8-9-16(13-22-15)10-12-23-19-6-3-2-5-17(19)18-14-21-11-4-7-20(18)23/h2-3,5-6,8-9,13,21H,4,7,10-12,14H2,1H3. The Hall–Kier alpha value is -2.13. The van der Waals surface area contributed by atoms with Crippen molar-refractivity contribution >= 4 is 10.9 Å². The summed E-state index contributed by atoms with van der Waals surface area (Å²) in [5.41, 5.74) is 6.80. The lowest BCUT2D eigenvalue weighted by Crippen LogP contribution is -2.11. The van der Waals surface area contributed by atoms with E-state index in [0.717, 1.165) is 31.7 Å². The summed E-state index contributed by atoms with van der Waals surface area (Å²) in [6.07, 6.45) is 5.44. The highest BCUT2D eigenvalue weighted by atomic mass is 15.0. The van der Waals surface area contributed by atoms with E-state index in [-0.39, 0.29) is 0 Å². The van der Waals surface area contributed by atoms with Crippen LogP contribution in [0.15, 0.2) is 42.6 Å². The van der Waals surface area contributed by atoms with Crippen molar-refractivity contribution in [3.05, 3.63) is 65.1 Å². The molecule has 0 spiro atoms. The Kier molecular flexibility index (Phi) is 3.88. The van der Waals surface area contributed by atoms with Crippen LogP contribution >= 0.6 is 0 Å². The molecule has 2 aromatic heterocycles. The van der Waals surface area contributed by atoms with Gasteiger partial charge in [0.15, 0.2) is 0 Å². The molecule has 0 radical (unpaired) electrons. The molecule has 0 fully saturated rings. The van der Waals surface area contributed by atoms with Crippen molar-refractivity contribution in [3.8, 4) is 0 Å². The van der Waals surface area contributed by atoms with E-state index in [9.17, 15) is 0 Å². The van der Waals surface area contributed by atoms with Crippen LogP contribution in [-0.2, 0) is 25.9 Å². The maximum Gasteiger partial charge on any atom is 0.0485 e. The van der Waals surface area contributed by atoms with Crippen LogP contribution < -0.4 is 5.32 Å². The second-order valence-corrected chi connectivity index (χ2v) is 6.43. The molecular formula is C20H23N3. The maximum absolute atomic E-state index is 4.42. The van der Waals surface area contributed by atoms with Crippen molar-refractivity contribution in [2.75, 3.05) is 6.54 Å². The molecular weight excluding hydrogens is 282 g/mol. The number of hydrogen-bond donors (Lipinski definition) is 1. The quantitative estimate of drug-likeness (QED) is 0.801. The minimum absolute atomic E-state index is 0.995. The average molecular weight is 305 g/mol. The van der Waals surface area contributed by atoms with E-state index >= 15 is 0 Å². The van der Waals surface area contributed by atoms with E-state index in [2.05, 4.69) is 51.3 Å².